The Morgan fingerprint density at radius 1 is 0.860 bits per heavy atom. The summed E-state index contributed by atoms with van der Waals surface area (Å²) >= 11 is 0. The minimum Gasteiger partial charge on any atom is -0.478 e. The van der Waals surface area contributed by atoms with Crippen LogP contribution in [0.1, 0.15) is 51.1 Å². The van der Waals surface area contributed by atoms with E-state index in [2.05, 4.69) is 19.7 Å². The van der Waals surface area contributed by atoms with Gasteiger partial charge in [-0.25, -0.2) is 14.4 Å². The van der Waals surface area contributed by atoms with Crippen LogP contribution in [0.5, 0.6) is 0 Å². The number of amides is 1. The zero-order valence-corrected chi connectivity index (χ0v) is 22.4. The molecule has 0 unspecified atom stereocenters. The second kappa shape index (κ2) is 11.9. The minimum absolute atomic E-state index is 0.0309. The highest BCUT2D eigenvalue weighted by molar-refractivity contribution is 6.04. The largest absolute Gasteiger partial charge is 0.478 e. The summed E-state index contributed by atoms with van der Waals surface area (Å²) in [5, 5.41) is 11.5. The molecule has 1 saturated heterocycles. The molecule has 3 heterocycles. The van der Waals surface area contributed by atoms with Gasteiger partial charge < -0.3 is 24.2 Å². The number of carboxylic acid groups (broad SMARTS) is 1. The Hall–Kier alpha value is -5.27. The molecule has 6 rings (SSSR count). The van der Waals surface area contributed by atoms with Gasteiger partial charge in [0, 0.05) is 25.3 Å². The topological polar surface area (TPSA) is 162 Å². The third-order valence-corrected chi connectivity index (χ3v) is 6.94. The summed E-state index contributed by atoms with van der Waals surface area (Å²) in [6.45, 7) is 1.41. The van der Waals surface area contributed by atoms with Gasteiger partial charge in [-0.3, -0.25) is 14.8 Å². The Morgan fingerprint density at radius 3 is 2.02 bits per heavy atom. The fourth-order valence-corrected chi connectivity index (χ4v) is 4.90. The Kier molecular flexibility index (Phi) is 8.10. The maximum absolute atomic E-state index is 13.2. The minimum atomic E-state index is -4.44. The number of nitrogens with zero attached hydrogens (tertiary/aromatic N) is 1. The number of piperidine rings is 1. The second-order valence-electron chi connectivity index (χ2n) is 9.76. The van der Waals surface area contributed by atoms with E-state index in [0.717, 1.165) is 31.4 Å². The monoisotopic (exact) mass is 598 g/mol. The molecule has 0 aliphatic carbocycles. The molecule has 0 atom stereocenters. The number of anilines is 1. The number of aromatic amines is 2. The molecular weight excluding hydrogens is 573 g/mol. The van der Waals surface area contributed by atoms with Gasteiger partial charge in [0.25, 0.3) is 5.91 Å². The van der Waals surface area contributed by atoms with Crippen LogP contribution < -0.4 is 21.7 Å². The highest BCUT2D eigenvalue weighted by Gasteiger charge is 2.32. The van der Waals surface area contributed by atoms with Crippen molar-refractivity contribution in [1.29, 1.82) is 0 Å². The summed E-state index contributed by atoms with van der Waals surface area (Å²) in [6, 6.07) is 12.7. The lowest BCUT2D eigenvalue weighted by atomic mass is 10.0. The first-order chi connectivity index (χ1) is 20.5. The Labute approximate surface area is 239 Å². The van der Waals surface area contributed by atoms with Gasteiger partial charge in [0.05, 0.1) is 22.2 Å². The molecule has 0 saturated carbocycles. The zero-order valence-electron chi connectivity index (χ0n) is 22.4. The van der Waals surface area contributed by atoms with Crippen molar-refractivity contribution in [3.05, 3.63) is 98.0 Å². The van der Waals surface area contributed by atoms with Crippen LogP contribution in [0.2, 0.25) is 0 Å². The highest BCUT2D eigenvalue weighted by Crippen LogP contribution is 2.34. The van der Waals surface area contributed by atoms with Crippen molar-refractivity contribution in [3.8, 4) is 0 Å². The Bertz CT molecular complexity index is 1910. The van der Waals surface area contributed by atoms with Crippen molar-refractivity contribution in [2.24, 2.45) is 0 Å². The molecule has 43 heavy (non-hydrogen) atoms. The number of nitrogens with one attached hydrogen (secondary N) is 3. The van der Waals surface area contributed by atoms with Gasteiger partial charge in [-0.05, 0) is 61.2 Å². The van der Waals surface area contributed by atoms with Crippen LogP contribution in [-0.4, -0.2) is 40.0 Å². The number of alkyl halides is 3. The predicted octanol–water partition coefficient (Wildman–Crippen LogP) is 4.88. The maximum atomic E-state index is 13.2. The van der Waals surface area contributed by atoms with E-state index in [1.54, 1.807) is 18.2 Å². The van der Waals surface area contributed by atoms with E-state index in [-0.39, 0.29) is 39.9 Å². The molecule has 1 amide bonds. The van der Waals surface area contributed by atoms with Gasteiger partial charge in [0.15, 0.2) is 11.2 Å². The number of fused-ring (bicyclic) bond motifs is 2. The normalized spacial score (nSPS) is 13.5. The average Bonchev–Trinajstić information content (AvgIpc) is 3.56. The first-order valence-corrected chi connectivity index (χ1v) is 13.2. The molecule has 2 aromatic heterocycles. The van der Waals surface area contributed by atoms with E-state index in [1.165, 1.54) is 24.3 Å². The van der Waals surface area contributed by atoms with Crippen LogP contribution in [0, 0.1) is 0 Å². The number of hydrogen-bond donors (Lipinski definition) is 4. The number of oxazole rings is 2. The first-order valence-electron chi connectivity index (χ1n) is 13.2. The third-order valence-electron chi connectivity index (χ3n) is 6.94. The molecule has 1 aliphatic rings. The van der Waals surface area contributed by atoms with Crippen molar-refractivity contribution in [2.75, 3.05) is 18.0 Å². The van der Waals surface area contributed by atoms with E-state index in [0.29, 0.717) is 24.3 Å². The molecule has 0 radical (unpaired) electrons. The third kappa shape index (κ3) is 6.47. The van der Waals surface area contributed by atoms with Crippen LogP contribution in [0.25, 0.3) is 22.2 Å². The summed E-state index contributed by atoms with van der Waals surface area (Å²) in [4.78, 5) is 52.2. The molecule has 224 valence electrons. The van der Waals surface area contributed by atoms with Gasteiger partial charge in [-0.15, -0.1) is 0 Å². The summed E-state index contributed by atoms with van der Waals surface area (Å²) < 4.78 is 49.3. The van der Waals surface area contributed by atoms with E-state index in [4.69, 9.17) is 9.52 Å². The van der Waals surface area contributed by atoms with Crippen molar-refractivity contribution in [1.82, 2.24) is 15.3 Å². The lowest BCUT2D eigenvalue weighted by molar-refractivity contribution is -0.137. The first kappa shape index (κ1) is 29.2. The lowest BCUT2D eigenvalue weighted by Gasteiger charge is -2.31. The Balaban J connectivity index is 0.000000235. The maximum Gasteiger partial charge on any atom is 0.417 e. The molecule has 14 heteroatoms. The second-order valence-corrected chi connectivity index (χ2v) is 9.76. The standard InChI is InChI=1S/C21H20F3N3O3.C8H5NO4/c22-21(23,24)14-8-7-13(16(11-14)27-9-2-1-3-10-27)12-25-19(28)15-5-4-6-17-18(15)26-20(29)30-17;10-7(11)4-2-1-3-5-6(4)9-8(12)13-5/h4-8,11H,1-3,9-10,12H2,(H,25,28)(H,26,29);1-3H,(H,9,12)(H,10,11). The van der Waals surface area contributed by atoms with Crippen LogP contribution >= 0.6 is 0 Å². The lowest BCUT2D eigenvalue weighted by Crippen LogP contribution is -2.32. The van der Waals surface area contributed by atoms with E-state index >= 15 is 0 Å². The summed E-state index contributed by atoms with van der Waals surface area (Å²) in [7, 11) is 0. The quantitative estimate of drug-likeness (QED) is 0.223. The molecule has 0 spiro atoms. The number of benzene rings is 3. The number of hydrogen-bond acceptors (Lipinski definition) is 7. The number of carbonyl (C=O) groups is 2. The fourth-order valence-electron chi connectivity index (χ4n) is 4.90. The molecule has 0 bridgehead atoms. The number of aromatic carboxylic acids is 1. The van der Waals surface area contributed by atoms with Gasteiger partial charge in [-0.2, -0.15) is 13.2 Å². The van der Waals surface area contributed by atoms with Crippen molar-refractivity contribution < 1.29 is 36.7 Å². The van der Waals surface area contributed by atoms with Gasteiger partial charge in [0.2, 0.25) is 0 Å². The molecule has 4 N–H and O–H groups in total. The van der Waals surface area contributed by atoms with Crippen LogP contribution in [-0.2, 0) is 12.7 Å². The number of carbonyl (C=O) groups excluding carboxylic acids is 1. The predicted molar refractivity (Wildman–Crippen MR) is 149 cm³/mol. The molecular formula is C29H25F3N4O7. The zero-order chi connectivity index (χ0) is 30.7. The summed E-state index contributed by atoms with van der Waals surface area (Å²) in [5.74, 6) is -2.87. The van der Waals surface area contributed by atoms with Crippen molar-refractivity contribution in [3.63, 3.8) is 0 Å². The van der Waals surface area contributed by atoms with E-state index in [1.807, 2.05) is 4.90 Å². The van der Waals surface area contributed by atoms with Crippen LogP contribution in [0.4, 0.5) is 18.9 Å². The smallest absolute Gasteiger partial charge is 0.417 e. The number of halogens is 3. The van der Waals surface area contributed by atoms with Crippen LogP contribution in [0.3, 0.4) is 0 Å². The number of H-pyrrole nitrogens is 2. The number of rotatable bonds is 5. The molecule has 1 fully saturated rings. The summed E-state index contributed by atoms with van der Waals surface area (Å²) in [5.41, 5.74) is 1.66. The van der Waals surface area contributed by atoms with Gasteiger partial charge in [-0.1, -0.05) is 18.2 Å². The molecule has 11 nitrogen and oxygen atoms in total. The average molecular weight is 599 g/mol. The highest BCUT2D eigenvalue weighted by atomic mass is 19.4. The van der Waals surface area contributed by atoms with E-state index in [9.17, 15) is 32.3 Å². The summed E-state index contributed by atoms with van der Waals surface area (Å²) in [6.07, 6.45) is -1.56. The van der Waals surface area contributed by atoms with Crippen molar-refractivity contribution in [2.45, 2.75) is 32.0 Å². The van der Waals surface area contributed by atoms with E-state index < -0.39 is 35.1 Å². The van der Waals surface area contributed by atoms with Gasteiger partial charge in [0.1, 0.15) is 5.52 Å². The van der Waals surface area contributed by atoms with Gasteiger partial charge >= 0.3 is 23.7 Å². The number of para-hydroxylation sites is 2. The fraction of sp³-hybridized carbons (Fsp3) is 0.241. The molecule has 5 aromatic rings. The Morgan fingerprint density at radius 2 is 1.44 bits per heavy atom. The molecule has 1 aliphatic heterocycles. The van der Waals surface area contributed by atoms with Crippen molar-refractivity contribution >= 4 is 39.8 Å². The number of carboxylic acids is 1. The number of aromatic nitrogens is 2. The SMILES string of the molecule is O=C(NCc1ccc(C(F)(F)F)cc1N1CCCCC1)c1cccc2oc(=O)[nH]c12.O=C(O)c1cccc2oc(=O)[nH]c12. The van der Waals surface area contributed by atoms with Crippen LogP contribution in [0.15, 0.2) is 73.0 Å². The molecule has 3 aromatic carbocycles.